The Morgan fingerprint density at radius 1 is 1.25 bits per heavy atom. The minimum atomic E-state index is -0.915. The lowest BCUT2D eigenvalue weighted by molar-refractivity contribution is -0.127. The molecule has 0 aliphatic carbocycles. The summed E-state index contributed by atoms with van der Waals surface area (Å²) in [5, 5.41) is 9.89. The van der Waals surface area contributed by atoms with Crippen LogP contribution in [0.1, 0.15) is 23.2 Å². The summed E-state index contributed by atoms with van der Waals surface area (Å²) >= 11 is 0. The third-order valence-corrected chi connectivity index (χ3v) is 3.80. The van der Waals surface area contributed by atoms with E-state index in [1.165, 1.54) is 0 Å². The molecular weight excluding hydrogens is 256 g/mol. The first-order chi connectivity index (χ1) is 9.65. The van der Waals surface area contributed by atoms with Crippen molar-refractivity contribution in [3.8, 4) is 0 Å². The largest absolute Gasteiger partial charge is 0.478 e. The van der Waals surface area contributed by atoms with E-state index in [0.29, 0.717) is 18.5 Å². The normalized spacial score (nSPS) is 15.2. The van der Waals surface area contributed by atoms with Crippen molar-refractivity contribution < 1.29 is 14.7 Å². The SMILES string of the molecule is O=C(O)c1ccc2c(ccn2CCN2CCCC2=O)c1. The predicted octanol–water partition coefficient (Wildman–Crippen LogP) is 1.96. The number of benzene rings is 1. The molecular formula is C15H16N2O3. The van der Waals surface area contributed by atoms with Crippen LogP contribution < -0.4 is 0 Å². The number of amides is 1. The average Bonchev–Trinajstić information content (AvgIpc) is 3.02. The van der Waals surface area contributed by atoms with Crippen LogP contribution in [0.2, 0.25) is 0 Å². The monoisotopic (exact) mass is 272 g/mol. The van der Waals surface area contributed by atoms with E-state index in [1.807, 2.05) is 23.2 Å². The zero-order chi connectivity index (χ0) is 14.1. The Hall–Kier alpha value is -2.30. The number of carbonyl (C=O) groups excluding carboxylic acids is 1. The maximum atomic E-state index is 11.6. The lowest BCUT2D eigenvalue weighted by atomic mass is 10.1. The molecule has 3 rings (SSSR count). The number of carbonyl (C=O) groups is 2. The maximum Gasteiger partial charge on any atom is 0.335 e. The summed E-state index contributed by atoms with van der Waals surface area (Å²) in [7, 11) is 0. The van der Waals surface area contributed by atoms with E-state index >= 15 is 0 Å². The van der Waals surface area contributed by atoms with E-state index in [-0.39, 0.29) is 5.91 Å². The van der Waals surface area contributed by atoms with Crippen molar-refractivity contribution >= 4 is 22.8 Å². The number of hydrogen-bond donors (Lipinski definition) is 1. The first-order valence-electron chi connectivity index (χ1n) is 6.75. The molecule has 1 aromatic heterocycles. The zero-order valence-corrected chi connectivity index (χ0v) is 11.1. The Kier molecular flexibility index (Phi) is 3.18. The predicted molar refractivity (Wildman–Crippen MR) is 74.7 cm³/mol. The fourth-order valence-corrected chi connectivity index (χ4v) is 2.70. The van der Waals surface area contributed by atoms with Crippen molar-refractivity contribution in [1.82, 2.24) is 9.47 Å². The molecule has 20 heavy (non-hydrogen) atoms. The second kappa shape index (κ2) is 5.00. The molecule has 2 heterocycles. The molecule has 1 saturated heterocycles. The third kappa shape index (κ3) is 2.27. The van der Waals surface area contributed by atoms with Gasteiger partial charge in [0.25, 0.3) is 0 Å². The van der Waals surface area contributed by atoms with Gasteiger partial charge in [-0.15, -0.1) is 0 Å². The summed E-state index contributed by atoms with van der Waals surface area (Å²) in [6.45, 7) is 2.30. The van der Waals surface area contributed by atoms with Crippen molar-refractivity contribution in [3.05, 3.63) is 36.0 Å². The molecule has 2 aromatic rings. The van der Waals surface area contributed by atoms with E-state index in [2.05, 4.69) is 4.57 Å². The number of fused-ring (bicyclic) bond motifs is 1. The van der Waals surface area contributed by atoms with Crippen molar-refractivity contribution in [1.29, 1.82) is 0 Å². The highest BCUT2D eigenvalue weighted by atomic mass is 16.4. The van der Waals surface area contributed by atoms with Gasteiger partial charge in [-0.2, -0.15) is 0 Å². The highest BCUT2D eigenvalue weighted by Crippen LogP contribution is 2.18. The van der Waals surface area contributed by atoms with Crippen LogP contribution >= 0.6 is 0 Å². The summed E-state index contributed by atoms with van der Waals surface area (Å²) in [5.41, 5.74) is 1.30. The molecule has 0 unspecified atom stereocenters. The van der Waals surface area contributed by atoms with Gasteiger partial charge in [-0.25, -0.2) is 4.79 Å². The first-order valence-corrected chi connectivity index (χ1v) is 6.75. The molecule has 1 N–H and O–H groups in total. The van der Waals surface area contributed by atoms with Gasteiger partial charge in [0, 0.05) is 43.2 Å². The van der Waals surface area contributed by atoms with E-state index in [9.17, 15) is 9.59 Å². The van der Waals surface area contributed by atoms with Crippen molar-refractivity contribution in [2.24, 2.45) is 0 Å². The Bertz CT molecular complexity index is 675. The lowest BCUT2D eigenvalue weighted by Crippen LogP contribution is -2.28. The van der Waals surface area contributed by atoms with Gasteiger partial charge in [-0.1, -0.05) is 0 Å². The number of nitrogens with zero attached hydrogens (tertiary/aromatic N) is 2. The molecule has 0 saturated carbocycles. The Morgan fingerprint density at radius 2 is 2.10 bits per heavy atom. The second-order valence-electron chi connectivity index (χ2n) is 5.07. The molecule has 1 fully saturated rings. The fraction of sp³-hybridized carbons (Fsp3) is 0.333. The van der Waals surface area contributed by atoms with E-state index in [4.69, 9.17) is 5.11 Å². The van der Waals surface area contributed by atoms with Gasteiger partial charge in [0.2, 0.25) is 5.91 Å². The molecule has 104 valence electrons. The van der Waals surface area contributed by atoms with Crippen LogP contribution in [-0.4, -0.2) is 39.5 Å². The van der Waals surface area contributed by atoms with Gasteiger partial charge < -0.3 is 14.6 Å². The van der Waals surface area contributed by atoms with E-state index in [1.54, 1.807) is 12.1 Å². The summed E-state index contributed by atoms with van der Waals surface area (Å²) in [6, 6.07) is 7.02. The lowest BCUT2D eigenvalue weighted by Gasteiger charge is -2.16. The van der Waals surface area contributed by atoms with Crippen LogP contribution in [0.3, 0.4) is 0 Å². The van der Waals surface area contributed by atoms with Crippen LogP contribution in [0.25, 0.3) is 10.9 Å². The number of carboxylic acid groups (broad SMARTS) is 1. The molecule has 1 aliphatic heterocycles. The van der Waals surface area contributed by atoms with Gasteiger partial charge in [0.15, 0.2) is 0 Å². The molecule has 0 bridgehead atoms. The standard InChI is InChI=1S/C15H16N2O3/c18-14-2-1-6-17(14)9-8-16-7-5-11-10-12(15(19)20)3-4-13(11)16/h3-5,7,10H,1-2,6,8-9H2,(H,19,20). The molecule has 0 atom stereocenters. The summed E-state index contributed by atoms with van der Waals surface area (Å²) in [6.07, 6.45) is 3.55. The molecule has 0 spiro atoms. The third-order valence-electron chi connectivity index (χ3n) is 3.80. The number of likely N-dealkylation sites (tertiary alicyclic amines) is 1. The number of aromatic carboxylic acids is 1. The number of hydrogen-bond acceptors (Lipinski definition) is 2. The van der Waals surface area contributed by atoms with E-state index < -0.39 is 5.97 Å². The highest BCUT2D eigenvalue weighted by molar-refractivity contribution is 5.93. The zero-order valence-electron chi connectivity index (χ0n) is 11.1. The number of carboxylic acids is 1. The van der Waals surface area contributed by atoms with Crippen LogP contribution in [0.15, 0.2) is 30.5 Å². The van der Waals surface area contributed by atoms with Gasteiger partial charge in [-0.3, -0.25) is 4.79 Å². The van der Waals surface area contributed by atoms with Crippen LogP contribution in [0.4, 0.5) is 0 Å². The van der Waals surface area contributed by atoms with Crippen molar-refractivity contribution in [3.63, 3.8) is 0 Å². The van der Waals surface area contributed by atoms with Crippen LogP contribution in [0.5, 0.6) is 0 Å². The Labute approximate surface area is 116 Å². The molecule has 1 aromatic carbocycles. The summed E-state index contributed by atoms with van der Waals surface area (Å²) < 4.78 is 2.06. The fourth-order valence-electron chi connectivity index (χ4n) is 2.70. The van der Waals surface area contributed by atoms with Crippen molar-refractivity contribution in [2.45, 2.75) is 19.4 Å². The molecule has 1 amide bonds. The highest BCUT2D eigenvalue weighted by Gasteiger charge is 2.19. The number of rotatable bonds is 4. The molecule has 5 nitrogen and oxygen atoms in total. The second-order valence-corrected chi connectivity index (χ2v) is 5.07. The molecule has 1 aliphatic rings. The number of aromatic nitrogens is 1. The first kappa shape index (κ1) is 12.7. The van der Waals surface area contributed by atoms with Crippen LogP contribution in [0, 0.1) is 0 Å². The van der Waals surface area contributed by atoms with Gasteiger partial charge in [-0.05, 0) is 30.7 Å². The van der Waals surface area contributed by atoms with Crippen LogP contribution in [-0.2, 0) is 11.3 Å². The summed E-state index contributed by atoms with van der Waals surface area (Å²) in [4.78, 5) is 24.4. The van der Waals surface area contributed by atoms with Gasteiger partial charge >= 0.3 is 5.97 Å². The topological polar surface area (TPSA) is 62.5 Å². The van der Waals surface area contributed by atoms with Gasteiger partial charge in [0.1, 0.15) is 0 Å². The maximum absolute atomic E-state index is 11.6. The average molecular weight is 272 g/mol. The quantitative estimate of drug-likeness (QED) is 0.925. The minimum absolute atomic E-state index is 0.231. The Balaban J connectivity index is 1.78. The molecule has 0 radical (unpaired) electrons. The van der Waals surface area contributed by atoms with Crippen molar-refractivity contribution in [2.75, 3.05) is 13.1 Å². The van der Waals surface area contributed by atoms with Gasteiger partial charge in [0.05, 0.1) is 5.56 Å². The molecule has 5 heteroatoms. The minimum Gasteiger partial charge on any atom is -0.478 e. The smallest absolute Gasteiger partial charge is 0.335 e. The van der Waals surface area contributed by atoms with E-state index in [0.717, 1.165) is 30.4 Å². The Morgan fingerprint density at radius 3 is 2.80 bits per heavy atom. The summed E-state index contributed by atoms with van der Waals surface area (Å²) in [5.74, 6) is -0.683.